The molecule has 2 aliphatic heterocycles. The third-order valence-electron chi connectivity index (χ3n) is 5.44. The molecule has 2 saturated heterocycles. The molecule has 2 rings (SSSR count). The summed E-state index contributed by atoms with van der Waals surface area (Å²) in [4.78, 5) is 103. The van der Waals surface area contributed by atoms with Gasteiger partial charge in [-0.25, -0.2) is 24.6 Å². The van der Waals surface area contributed by atoms with Crippen LogP contribution in [-0.4, -0.2) is 170 Å². The van der Waals surface area contributed by atoms with Crippen molar-refractivity contribution in [2.75, 3.05) is 80.5 Å². The van der Waals surface area contributed by atoms with E-state index in [1.54, 1.807) is 0 Å². The Kier molecular flexibility index (Phi) is 53.6. The van der Waals surface area contributed by atoms with Crippen molar-refractivity contribution in [2.24, 2.45) is 20.7 Å². The fourth-order valence-electron chi connectivity index (χ4n) is 3.22. The Bertz CT molecular complexity index is 1280. The largest absolute Gasteiger partial charge is 0.481 e. The molecule has 0 saturated carbocycles. The van der Waals surface area contributed by atoms with Crippen molar-refractivity contribution in [1.82, 2.24) is 30.6 Å². The van der Waals surface area contributed by atoms with Crippen molar-refractivity contribution in [3.05, 3.63) is 0 Å². The van der Waals surface area contributed by atoms with Gasteiger partial charge in [-0.15, -0.1) is 5.06 Å². The summed E-state index contributed by atoms with van der Waals surface area (Å²) < 4.78 is 10.2. The Morgan fingerprint density at radius 2 is 1.17 bits per heavy atom. The maximum Gasteiger partial charge on any atom is 0.330 e. The number of aliphatic imine (C=N–C) groups is 3. The molecule has 24 heteroatoms. The number of carboxylic acid groups (broad SMARTS) is 1. The Morgan fingerprint density at radius 1 is 0.767 bits per heavy atom. The molecule has 0 aromatic rings. The molecule has 0 spiro atoms. The Hall–Kier alpha value is -5.13. The van der Waals surface area contributed by atoms with Crippen LogP contribution >= 0.6 is 0 Å². The van der Waals surface area contributed by atoms with E-state index in [1.807, 2.05) is 41.8 Å². The summed E-state index contributed by atoms with van der Waals surface area (Å²) in [5, 5.41) is 22.0. The second-order valence-electron chi connectivity index (χ2n) is 11.9. The lowest BCUT2D eigenvalue weighted by atomic mass is 10.4. The van der Waals surface area contributed by atoms with Crippen LogP contribution in [0.25, 0.3) is 0 Å². The van der Waals surface area contributed by atoms with Crippen LogP contribution in [-0.2, 0) is 60.4 Å². The fraction of sp³-hybridized carbons (Fsp3) is 0.722. The maximum absolute atomic E-state index is 10.7. The monoisotopic (exact) mass is 882 g/mol. The highest BCUT2D eigenvalue weighted by Crippen LogP contribution is 2.11. The van der Waals surface area contributed by atoms with Crippen molar-refractivity contribution >= 4 is 71.9 Å². The lowest BCUT2D eigenvalue weighted by molar-refractivity contribution is -0.195. The molecular formula is C36H71N11O12S. The molecule has 7 N–H and O–H groups in total. The number of amides is 5. The topological polar surface area (TPSA) is 319 Å². The number of imide groups is 2. The van der Waals surface area contributed by atoms with Gasteiger partial charge in [0.25, 0.3) is 35.6 Å². The zero-order valence-electron chi connectivity index (χ0n) is 37.5. The van der Waals surface area contributed by atoms with Gasteiger partial charge in [0.05, 0.1) is 12.6 Å². The molecule has 0 unspecified atom stereocenters. The first-order valence-corrected chi connectivity index (χ1v) is 19.3. The van der Waals surface area contributed by atoms with Crippen molar-refractivity contribution in [1.29, 1.82) is 4.78 Å². The Balaban J connectivity index is -0.000000147. The number of hydrogen-bond acceptors (Lipinski definition) is 19. The van der Waals surface area contributed by atoms with E-state index in [2.05, 4.69) is 72.8 Å². The van der Waals surface area contributed by atoms with E-state index in [-0.39, 0.29) is 42.6 Å². The van der Waals surface area contributed by atoms with Crippen molar-refractivity contribution in [3.8, 4) is 0 Å². The highest BCUT2D eigenvalue weighted by atomic mass is 32.1. The predicted molar refractivity (Wildman–Crippen MR) is 228 cm³/mol. The van der Waals surface area contributed by atoms with Crippen LogP contribution in [0.4, 0.5) is 0 Å². The van der Waals surface area contributed by atoms with Crippen LogP contribution in [0.15, 0.2) is 15.0 Å². The molecule has 2 heterocycles. The van der Waals surface area contributed by atoms with Gasteiger partial charge >= 0.3 is 11.9 Å². The van der Waals surface area contributed by atoms with E-state index in [0.29, 0.717) is 24.2 Å². The number of carbonyl (C=O) groups excluding carboxylic acids is 7. The standard InChI is InChI=1S/C10H21N3O2.C8H17N3.C6H7NO4.C4H5NO3.C4H9NO.C2H7N.C2H4O2.HNS/c1-5-11-10(15-9(2)14)12-7-6-8-13(3)4;1-4-9-8-10-6-5-7-11(2)3;1-4(8)11-7-5(9)2-3-6(7)10;6-3-1-2-4(7)5(3)8;1-3-5-4(2)6;1-2-3;1-2(3)4;1-2/h5-8H2,1-4H3,(H,11,12);4-7H2,1-3H3;2-3H2,1H3;8H,1-2H2;3H2,1-2H3,(H,5,6);2-3H2,1H3;1H3,(H,3,4);1H. The van der Waals surface area contributed by atoms with Gasteiger partial charge in [-0.2, -0.15) is 5.06 Å². The molecule has 0 bridgehead atoms. The van der Waals surface area contributed by atoms with E-state index < -0.39 is 35.6 Å². The third kappa shape index (κ3) is 57.2. The van der Waals surface area contributed by atoms with Gasteiger partial charge in [-0.3, -0.25) is 38.8 Å². The summed E-state index contributed by atoms with van der Waals surface area (Å²) in [6, 6.07) is 2.96. The number of nitrogens with zero attached hydrogens (tertiary/aromatic N) is 7. The number of carbonyl (C=O) groups is 8. The van der Waals surface area contributed by atoms with Gasteiger partial charge in [-0.05, 0) is 81.4 Å². The third-order valence-corrected chi connectivity index (χ3v) is 5.44. The summed E-state index contributed by atoms with van der Waals surface area (Å²) in [5.41, 5.74) is 4.85. The van der Waals surface area contributed by atoms with Crippen LogP contribution in [0.5, 0.6) is 0 Å². The molecule has 348 valence electrons. The average molecular weight is 882 g/mol. The summed E-state index contributed by atoms with van der Waals surface area (Å²) in [6.45, 7) is 19.3. The first-order valence-electron chi connectivity index (χ1n) is 18.8. The first-order chi connectivity index (χ1) is 28.1. The molecule has 2 aliphatic rings. The molecule has 0 radical (unpaired) electrons. The summed E-state index contributed by atoms with van der Waals surface area (Å²) in [7, 11) is 8.15. The Morgan fingerprint density at radius 3 is 1.45 bits per heavy atom. The first kappa shape index (κ1) is 66.7. The number of esters is 1. The van der Waals surface area contributed by atoms with E-state index in [1.165, 1.54) is 13.8 Å². The highest BCUT2D eigenvalue weighted by Gasteiger charge is 2.31. The number of nitrogens with two attached hydrogens (primary N) is 1. The normalized spacial score (nSPS) is 12.1. The second-order valence-corrected chi connectivity index (χ2v) is 11.9. The average Bonchev–Trinajstić information content (AvgIpc) is 3.62. The van der Waals surface area contributed by atoms with E-state index in [9.17, 15) is 33.6 Å². The number of hydrogen-bond donors (Lipinski definition) is 6. The van der Waals surface area contributed by atoms with Gasteiger partial charge in [0.2, 0.25) is 5.91 Å². The van der Waals surface area contributed by atoms with E-state index in [0.717, 1.165) is 66.0 Å². The molecule has 0 aliphatic carbocycles. The van der Waals surface area contributed by atoms with Gasteiger partial charge in [0, 0.05) is 92.0 Å². The maximum atomic E-state index is 10.7. The summed E-state index contributed by atoms with van der Waals surface area (Å²) in [5.74, 6) is -3.71. The highest BCUT2D eigenvalue weighted by molar-refractivity contribution is 7.45. The van der Waals surface area contributed by atoms with Crippen LogP contribution in [0, 0.1) is 4.78 Å². The Labute approximate surface area is 360 Å². The molecule has 0 atom stereocenters. The van der Waals surface area contributed by atoms with E-state index >= 15 is 0 Å². The van der Waals surface area contributed by atoms with Crippen molar-refractivity contribution in [2.45, 2.75) is 93.9 Å². The fourth-order valence-corrected chi connectivity index (χ4v) is 3.22. The molecule has 60 heavy (non-hydrogen) atoms. The number of carboxylic acids is 1. The minimum Gasteiger partial charge on any atom is -0.481 e. The zero-order chi connectivity index (χ0) is 48.1. The molecule has 0 aromatic carbocycles. The minimum atomic E-state index is -0.833. The number of nitrogens with one attached hydrogen (secondary N) is 3. The van der Waals surface area contributed by atoms with Crippen molar-refractivity contribution in [3.63, 3.8) is 0 Å². The molecule has 2 fully saturated rings. The SMILES string of the molecule is CC(=O)O.CC(=O)ON1C(=O)CCC1=O.CCN.CCN=C=NCCCN(C)C.CCNC(=NCCCN(C)C)OC(C)=O.CCNC(C)=O.N=S.O=C1CCC(=O)N1O. The number of ether oxygens (including phenoxy) is 1. The van der Waals surface area contributed by atoms with Crippen LogP contribution < -0.4 is 16.4 Å². The van der Waals surface area contributed by atoms with E-state index in [4.69, 9.17) is 30.4 Å². The lowest BCUT2D eigenvalue weighted by Crippen LogP contribution is -2.30. The van der Waals surface area contributed by atoms with Gasteiger partial charge in [0.1, 0.15) is 0 Å². The lowest BCUT2D eigenvalue weighted by Gasteiger charge is -2.09. The smallest absolute Gasteiger partial charge is 0.330 e. The van der Waals surface area contributed by atoms with Crippen LogP contribution in [0.3, 0.4) is 0 Å². The number of amidine groups is 1. The number of aliphatic carboxylic acids is 1. The number of rotatable bonds is 12. The molecule has 23 nitrogen and oxygen atoms in total. The quantitative estimate of drug-likeness (QED) is 0.0401. The second kappa shape index (κ2) is 48.2. The van der Waals surface area contributed by atoms with Gasteiger partial charge < -0.3 is 40.8 Å². The predicted octanol–water partition coefficient (Wildman–Crippen LogP) is 1.23. The van der Waals surface area contributed by atoms with Crippen LogP contribution in [0.2, 0.25) is 0 Å². The summed E-state index contributed by atoms with van der Waals surface area (Å²) in [6.07, 6.45) is 2.59. The molecule has 0 aromatic heterocycles. The zero-order valence-corrected chi connectivity index (χ0v) is 38.3. The summed E-state index contributed by atoms with van der Waals surface area (Å²) >= 11 is 3.33. The van der Waals surface area contributed by atoms with Crippen LogP contribution in [0.1, 0.15) is 93.9 Å². The molecule has 5 amide bonds. The molecular weight excluding hydrogens is 811 g/mol. The minimum absolute atomic E-state index is 0.0394. The number of hydroxylamine groups is 4. The van der Waals surface area contributed by atoms with Gasteiger partial charge in [0.15, 0.2) is 0 Å². The van der Waals surface area contributed by atoms with Crippen molar-refractivity contribution < 1.29 is 58.2 Å². The van der Waals surface area contributed by atoms with Gasteiger partial charge in [-0.1, -0.05) is 6.92 Å².